The van der Waals surface area contributed by atoms with Crippen molar-refractivity contribution in [1.82, 2.24) is 10.2 Å². The molecule has 1 aliphatic carbocycles. The fourth-order valence-corrected chi connectivity index (χ4v) is 3.22. The van der Waals surface area contributed by atoms with Crippen LogP contribution in [0.25, 0.3) is 0 Å². The third-order valence-corrected chi connectivity index (χ3v) is 4.09. The Labute approximate surface area is 87.4 Å². The SMILES string of the molecule is CSC1CCCC1N1C(=O)CNC1=O. The van der Waals surface area contributed by atoms with Gasteiger partial charge in [0.2, 0.25) is 5.91 Å². The topological polar surface area (TPSA) is 49.4 Å². The maximum absolute atomic E-state index is 11.5. The number of hydrogen-bond donors (Lipinski definition) is 1. The van der Waals surface area contributed by atoms with Crippen molar-refractivity contribution < 1.29 is 9.59 Å². The first kappa shape index (κ1) is 9.83. The molecule has 2 fully saturated rings. The van der Waals surface area contributed by atoms with Crippen molar-refractivity contribution in [3.63, 3.8) is 0 Å². The standard InChI is InChI=1S/C9H14N2O2S/c1-14-7-4-2-3-6(7)11-8(12)5-10-9(11)13/h6-7H,2-5H2,1H3,(H,10,13). The maximum atomic E-state index is 11.5. The Kier molecular flexibility index (Phi) is 2.67. The zero-order chi connectivity index (χ0) is 10.1. The lowest BCUT2D eigenvalue weighted by Crippen LogP contribution is -2.43. The van der Waals surface area contributed by atoms with Gasteiger partial charge in [0, 0.05) is 5.25 Å². The van der Waals surface area contributed by atoms with Crippen molar-refractivity contribution in [3.8, 4) is 0 Å². The van der Waals surface area contributed by atoms with Gasteiger partial charge in [0.1, 0.15) is 0 Å². The zero-order valence-corrected chi connectivity index (χ0v) is 8.97. The summed E-state index contributed by atoms with van der Waals surface area (Å²) < 4.78 is 0. The summed E-state index contributed by atoms with van der Waals surface area (Å²) >= 11 is 1.76. The second-order valence-corrected chi connectivity index (χ2v) is 4.77. The summed E-state index contributed by atoms with van der Waals surface area (Å²) in [6, 6.07) is -0.0825. The smallest absolute Gasteiger partial charge is 0.324 e. The molecule has 78 valence electrons. The molecule has 5 heteroatoms. The number of imide groups is 1. The summed E-state index contributed by atoms with van der Waals surface area (Å²) in [6.45, 7) is 0.177. The van der Waals surface area contributed by atoms with Gasteiger partial charge in [-0.3, -0.25) is 9.69 Å². The second-order valence-electron chi connectivity index (χ2n) is 3.69. The van der Waals surface area contributed by atoms with Crippen LogP contribution in [0.4, 0.5) is 4.79 Å². The number of amides is 3. The number of rotatable bonds is 2. The molecule has 1 saturated heterocycles. The average molecular weight is 214 g/mol. The molecule has 14 heavy (non-hydrogen) atoms. The van der Waals surface area contributed by atoms with E-state index in [2.05, 4.69) is 5.32 Å². The summed E-state index contributed by atoms with van der Waals surface area (Å²) in [5.74, 6) is -0.0686. The highest BCUT2D eigenvalue weighted by Crippen LogP contribution is 2.32. The Hall–Kier alpha value is -0.710. The van der Waals surface area contributed by atoms with E-state index in [9.17, 15) is 9.59 Å². The highest BCUT2D eigenvalue weighted by molar-refractivity contribution is 7.99. The van der Waals surface area contributed by atoms with Crippen LogP contribution >= 0.6 is 11.8 Å². The molecule has 0 aromatic heterocycles. The molecular weight excluding hydrogens is 200 g/mol. The summed E-state index contributed by atoms with van der Waals surface area (Å²) in [7, 11) is 0. The van der Waals surface area contributed by atoms with Gasteiger partial charge in [0.25, 0.3) is 0 Å². The van der Waals surface area contributed by atoms with Gasteiger partial charge < -0.3 is 5.32 Å². The number of carbonyl (C=O) groups excluding carboxylic acids is 2. The number of nitrogens with zero attached hydrogens (tertiary/aromatic N) is 1. The van der Waals surface area contributed by atoms with Gasteiger partial charge in [-0.25, -0.2) is 4.79 Å². The lowest BCUT2D eigenvalue weighted by atomic mass is 10.2. The number of urea groups is 1. The summed E-state index contributed by atoms with van der Waals surface area (Å²) in [6.07, 6.45) is 5.24. The van der Waals surface area contributed by atoms with E-state index < -0.39 is 0 Å². The highest BCUT2D eigenvalue weighted by atomic mass is 32.2. The number of carbonyl (C=O) groups is 2. The van der Waals surface area contributed by atoms with Crippen molar-refractivity contribution in [2.45, 2.75) is 30.6 Å². The summed E-state index contributed by atoms with van der Waals surface area (Å²) in [4.78, 5) is 24.3. The van der Waals surface area contributed by atoms with E-state index in [4.69, 9.17) is 0 Å². The zero-order valence-electron chi connectivity index (χ0n) is 8.16. The lowest BCUT2D eigenvalue weighted by molar-refractivity contribution is -0.126. The Bertz CT molecular complexity index is 254. The molecule has 3 amide bonds. The van der Waals surface area contributed by atoms with Gasteiger partial charge in [0.15, 0.2) is 0 Å². The van der Waals surface area contributed by atoms with Crippen LogP contribution in [0.1, 0.15) is 19.3 Å². The molecule has 0 radical (unpaired) electrons. The van der Waals surface area contributed by atoms with Gasteiger partial charge >= 0.3 is 6.03 Å². The quantitative estimate of drug-likeness (QED) is 0.692. The normalized spacial score (nSPS) is 32.5. The third-order valence-electron chi connectivity index (χ3n) is 2.93. The predicted octanol–water partition coefficient (Wildman–Crippen LogP) is 0.822. The van der Waals surface area contributed by atoms with Gasteiger partial charge in [-0.2, -0.15) is 11.8 Å². The minimum Gasteiger partial charge on any atom is -0.329 e. The van der Waals surface area contributed by atoms with Crippen molar-refractivity contribution in [3.05, 3.63) is 0 Å². The minimum atomic E-state index is -0.207. The molecule has 0 spiro atoms. The molecule has 0 aromatic rings. The van der Waals surface area contributed by atoms with E-state index >= 15 is 0 Å². The first-order valence-electron chi connectivity index (χ1n) is 4.86. The van der Waals surface area contributed by atoms with Gasteiger partial charge in [-0.15, -0.1) is 0 Å². The van der Waals surface area contributed by atoms with Gasteiger partial charge in [-0.1, -0.05) is 6.42 Å². The summed E-state index contributed by atoms with van der Waals surface area (Å²) in [5, 5.41) is 3.00. The van der Waals surface area contributed by atoms with Crippen LogP contribution in [0.5, 0.6) is 0 Å². The predicted molar refractivity (Wildman–Crippen MR) is 55.2 cm³/mol. The Morgan fingerprint density at radius 1 is 1.43 bits per heavy atom. The fraction of sp³-hybridized carbons (Fsp3) is 0.778. The van der Waals surface area contributed by atoms with Crippen LogP contribution in [-0.2, 0) is 4.79 Å². The lowest BCUT2D eigenvalue weighted by Gasteiger charge is -2.25. The molecule has 1 saturated carbocycles. The minimum absolute atomic E-state index is 0.0686. The molecule has 1 aliphatic heterocycles. The van der Waals surface area contributed by atoms with Gasteiger partial charge in [0.05, 0.1) is 12.6 Å². The molecule has 2 atom stereocenters. The van der Waals surface area contributed by atoms with Crippen molar-refractivity contribution in [2.24, 2.45) is 0 Å². The van der Waals surface area contributed by atoms with E-state index in [-0.39, 0.29) is 24.5 Å². The molecule has 1 heterocycles. The van der Waals surface area contributed by atoms with E-state index in [1.54, 1.807) is 11.8 Å². The van der Waals surface area contributed by atoms with Crippen LogP contribution < -0.4 is 5.32 Å². The van der Waals surface area contributed by atoms with E-state index in [0.29, 0.717) is 5.25 Å². The van der Waals surface area contributed by atoms with Crippen molar-refractivity contribution in [2.75, 3.05) is 12.8 Å². The number of hydrogen-bond acceptors (Lipinski definition) is 3. The second kappa shape index (κ2) is 3.81. The highest BCUT2D eigenvalue weighted by Gasteiger charge is 2.40. The molecule has 0 aromatic carbocycles. The largest absolute Gasteiger partial charge is 0.329 e. The van der Waals surface area contributed by atoms with Crippen LogP contribution in [0.3, 0.4) is 0 Å². The molecule has 2 unspecified atom stereocenters. The average Bonchev–Trinajstić information content (AvgIpc) is 2.73. The summed E-state index contributed by atoms with van der Waals surface area (Å²) in [5.41, 5.74) is 0. The Balaban J connectivity index is 2.13. The molecule has 4 nitrogen and oxygen atoms in total. The van der Waals surface area contributed by atoms with Gasteiger partial charge in [-0.05, 0) is 19.1 Å². The number of thioether (sulfide) groups is 1. The van der Waals surface area contributed by atoms with Crippen molar-refractivity contribution in [1.29, 1.82) is 0 Å². The van der Waals surface area contributed by atoms with Crippen LogP contribution in [0, 0.1) is 0 Å². The molecule has 0 bridgehead atoms. The van der Waals surface area contributed by atoms with Crippen LogP contribution in [-0.4, -0.2) is 40.9 Å². The van der Waals surface area contributed by atoms with E-state index in [1.807, 2.05) is 6.26 Å². The molecular formula is C9H14N2O2S. The Morgan fingerprint density at radius 2 is 2.21 bits per heavy atom. The molecule has 2 aliphatic rings. The van der Waals surface area contributed by atoms with Crippen molar-refractivity contribution >= 4 is 23.7 Å². The van der Waals surface area contributed by atoms with E-state index in [1.165, 1.54) is 4.90 Å². The fourth-order valence-electron chi connectivity index (χ4n) is 2.25. The third kappa shape index (κ3) is 1.49. The Morgan fingerprint density at radius 3 is 2.79 bits per heavy atom. The van der Waals surface area contributed by atoms with Crippen LogP contribution in [0.2, 0.25) is 0 Å². The first-order chi connectivity index (χ1) is 6.74. The molecule has 2 rings (SSSR count). The monoisotopic (exact) mass is 214 g/mol. The van der Waals surface area contributed by atoms with E-state index in [0.717, 1.165) is 19.3 Å². The molecule has 1 N–H and O–H groups in total. The van der Waals surface area contributed by atoms with Crippen LogP contribution in [0.15, 0.2) is 0 Å². The first-order valence-corrected chi connectivity index (χ1v) is 6.15. The number of nitrogens with one attached hydrogen (secondary N) is 1. The maximum Gasteiger partial charge on any atom is 0.324 e.